The van der Waals surface area contributed by atoms with Gasteiger partial charge in [-0.15, -0.1) is 11.3 Å². The molecule has 0 saturated carbocycles. The molecule has 0 amide bonds. The van der Waals surface area contributed by atoms with Crippen molar-refractivity contribution in [2.75, 3.05) is 26.2 Å². The van der Waals surface area contributed by atoms with Crippen LogP contribution in [0, 0.1) is 0 Å². The maximum Gasteiger partial charge on any atom is 0.416 e. The molecule has 28 heavy (non-hydrogen) atoms. The number of fused-ring (bicyclic) bond motifs is 1. The van der Waals surface area contributed by atoms with Crippen LogP contribution in [0.15, 0.2) is 46.7 Å². The molecule has 1 fully saturated rings. The van der Waals surface area contributed by atoms with Crippen molar-refractivity contribution >= 4 is 16.3 Å². The smallest absolute Gasteiger partial charge is 0.322 e. The highest BCUT2D eigenvalue weighted by atomic mass is 32.1. The van der Waals surface area contributed by atoms with E-state index < -0.39 is 11.7 Å². The molecule has 0 aliphatic carbocycles. The van der Waals surface area contributed by atoms with Gasteiger partial charge in [-0.1, -0.05) is 12.1 Å². The van der Waals surface area contributed by atoms with E-state index in [9.17, 15) is 18.0 Å². The van der Waals surface area contributed by atoms with Gasteiger partial charge in [0.05, 0.1) is 5.56 Å². The van der Waals surface area contributed by atoms with Gasteiger partial charge < -0.3 is 9.80 Å². The number of halogens is 3. The molecule has 0 spiro atoms. The Labute approximate surface area is 163 Å². The van der Waals surface area contributed by atoms with Crippen LogP contribution in [0.2, 0.25) is 0 Å². The van der Waals surface area contributed by atoms with E-state index in [4.69, 9.17) is 0 Å². The van der Waals surface area contributed by atoms with Crippen molar-refractivity contribution in [3.63, 3.8) is 0 Å². The predicted octanol–water partition coefficient (Wildman–Crippen LogP) is 0.258. The maximum absolute atomic E-state index is 12.9. The van der Waals surface area contributed by atoms with E-state index in [0.717, 1.165) is 37.9 Å². The zero-order valence-corrected chi connectivity index (χ0v) is 15.9. The Kier molecular flexibility index (Phi) is 5.22. The highest BCUT2D eigenvalue weighted by Crippen LogP contribution is 2.29. The van der Waals surface area contributed by atoms with Crippen LogP contribution in [0.5, 0.6) is 0 Å². The van der Waals surface area contributed by atoms with Crippen molar-refractivity contribution in [3.8, 4) is 0 Å². The number of alkyl halides is 3. The van der Waals surface area contributed by atoms with Gasteiger partial charge in [0.2, 0.25) is 0 Å². The monoisotopic (exact) mass is 410 g/mol. The second kappa shape index (κ2) is 7.65. The van der Waals surface area contributed by atoms with Crippen LogP contribution in [0.1, 0.15) is 16.8 Å². The van der Waals surface area contributed by atoms with Gasteiger partial charge in [-0.3, -0.25) is 9.20 Å². The van der Waals surface area contributed by atoms with Crippen LogP contribution >= 0.6 is 11.3 Å². The van der Waals surface area contributed by atoms with Crippen LogP contribution in [0.3, 0.4) is 0 Å². The maximum atomic E-state index is 12.9. The van der Waals surface area contributed by atoms with E-state index >= 15 is 0 Å². The zero-order valence-electron chi connectivity index (χ0n) is 15.1. The van der Waals surface area contributed by atoms with Crippen molar-refractivity contribution in [1.82, 2.24) is 9.38 Å². The lowest BCUT2D eigenvalue weighted by Crippen LogP contribution is -3.27. The third-order valence-corrected chi connectivity index (χ3v) is 5.92. The Bertz CT molecular complexity index is 1020. The number of aromatic nitrogens is 2. The fourth-order valence-electron chi connectivity index (χ4n) is 3.69. The molecule has 2 aromatic heterocycles. The number of thiazole rings is 1. The second-order valence-electron chi connectivity index (χ2n) is 7.19. The summed E-state index contributed by atoms with van der Waals surface area (Å²) in [5.41, 5.74) is 0.860. The van der Waals surface area contributed by atoms with E-state index in [1.54, 1.807) is 22.7 Å². The molecule has 1 aliphatic rings. The first-order valence-corrected chi connectivity index (χ1v) is 10.1. The third-order valence-electron chi connectivity index (χ3n) is 5.16. The normalized spacial score (nSPS) is 20.5. The van der Waals surface area contributed by atoms with Crippen LogP contribution in [-0.4, -0.2) is 35.6 Å². The fourth-order valence-corrected chi connectivity index (χ4v) is 4.43. The Morgan fingerprint density at radius 3 is 2.50 bits per heavy atom. The topological polar surface area (TPSA) is 43.2 Å². The predicted molar refractivity (Wildman–Crippen MR) is 99.6 cm³/mol. The van der Waals surface area contributed by atoms with Gasteiger partial charge in [0, 0.05) is 23.2 Å². The molecule has 2 N–H and O–H groups in total. The molecule has 0 atom stereocenters. The molecule has 3 aromatic rings. The molecule has 3 heterocycles. The molecule has 1 saturated heterocycles. The summed E-state index contributed by atoms with van der Waals surface area (Å²) in [6.45, 7) is 4.86. The third kappa shape index (κ3) is 4.26. The van der Waals surface area contributed by atoms with Gasteiger partial charge in [0.15, 0.2) is 4.96 Å². The minimum atomic E-state index is -4.30. The number of piperazine rings is 1. The average Bonchev–Trinajstić information content (AvgIpc) is 3.12. The summed E-state index contributed by atoms with van der Waals surface area (Å²) in [7, 11) is 0. The number of hydrogen-bond donors (Lipinski definition) is 2. The first-order chi connectivity index (χ1) is 13.4. The Balaban J connectivity index is 1.35. The number of rotatable bonds is 4. The van der Waals surface area contributed by atoms with Gasteiger partial charge in [-0.05, 0) is 12.1 Å². The highest BCUT2D eigenvalue weighted by Gasteiger charge is 2.31. The van der Waals surface area contributed by atoms with Crippen molar-refractivity contribution in [2.24, 2.45) is 0 Å². The largest absolute Gasteiger partial charge is 0.416 e. The number of nitrogens with zero attached hydrogens (tertiary/aromatic N) is 2. The minimum Gasteiger partial charge on any atom is -0.322 e. The van der Waals surface area contributed by atoms with Gasteiger partial charge in [-0.25, -0.2) is 4.98 Å². The molecule has 5 nitrogen and oxygen atoms in total. The summed E-state index contributed by atoms with van der Waals surface area (Å²) >= 11 is 1.44. The van der Waals surface area contributed by atoms with Crippen LogP contribution in [0.25, 0.3) is 4.96 Å². The van der Waals surface area contributed by atoms with E-state index in [1.807, 2.05) is 5.38 Å². The Morgan fingerprint density at radius 2 is 1.79 bits per heavy atom. The SMILES string of the molecule is O=c1cc(C[NH+]2CC[NH+](Cc3cccc(C(F)(F)F)c3)CC2)nc2sccn12. The van der Waals surface area contributed by atoms with E-state index in [-0.39, 0.29) is 5.56 Å². The lowest BCUT2D eigenvalue weighted by Gasteiger charge is -2.29. The molecule has 9 heteroatoms. The second-order valence-corrected chi connectivity index (χ2v) is 8.07. The summed E-state index contributed by atoms with van der Waals surface area (Å²) < 4.78 is 40.2. The van der Waals surface area contributed by atoms with Crippen LogP contribution in [0.4, 0.5) is 13.2 Å². The molecule has 1 aromatic carbocycles. The van der Waals surface area contributed by atoms with Crippen molar-refractivity contribution in [1.29, 1.82) is 0 Å². The fraction of sp³-hybridized carbons (Fsp3) is 0.368. The van der Waals surface area contributed by atoms with Gasteiger partial charge in [0.1, 0.15) is 45.0 Å². The van der Waals surface area contributed by atoms with Gasteiger partial charge in [-0.2, -0.15) is 13.2 Å². The Morgan fingerprint density at radius 1 is 1.07 bits per heavy atom. The quantitative estimate of drug-likeness (QED) is 0.648. The lowest BCUT2D eigenvalue weighted by atomic mass is 10.1. The van der Waals surface area contributed by atoms with Crippen molar-refractivity contribution in [2.45, 2.75) is 19.3 Å². The molecule has 4 rings (SSSR count). The van der Waals surface area contributed by atoms with Crippen LogP contribution in [-0.2, 0) is 19.3 Å². The number of nitrogens with one attached hydrogen (secondary N) is 2. The molecule has 0 unspecified atom stereocenters. The zero-order chi connectivity index (χ0) is 19.7. The summed E-state index contributed by atoms with van der Waals surface area (Å²) in [6.07, 6.45) is -2.58. The number of benzene rings is 1. The molecule has 0 bridgehead atoms. The highest BCUT2D eigenvalue weighted by molar-refractivity contribution is 7.15. The van der Waals surface area contributed by atoms with E-state index in [0.29, 0.717) is 23.6 Å². The molecule has 0 radical (unpaired) electrons. The average molecular weight is 410 g/mol. The summed E-state index contributed by atoms with van der Waals surface area (Å²) in [6, 6.07) is 7.19. The van der Waals surface area contributed by atoms with Crippen LogP contribution < -0.4 is 15.4 Å². The standard InChI is InChI=1S/C19H19F3N4OS/c20-19(21,22)15-3-1-2-14(10-15)12-24-4-6-25(7-5-24)13-16-11-17(27)26-8-9-28-18(26)23-16/h1-3,8-11H,4-7,12-13H2/p+2. The molecular formula is C19H21F3N4OS+2. The van der Waals surface area contributed by atoms with Gasteiger partial charge in [0.25, 0.3) is 5.56 Å². The summed E-state index contributed by atoms with van der Waals surface area (Å²) in [5.74, 6) is 0. The van der Waals surface area contributed by atoms with E-state index in [1.165, 1.54) is 33.3 Å². The number of quaternary nitrogens is 2. The molecular weight excluding hydrogens is 389 g/mol. The first-order valence-electron chi connectivity index (χ1n) is 9.17. The van der Waals surface area contributed by atoms with Crippen molar-refractivity contribution < 1.29 is 23.0 Å². The number of hydrogen-bond acceptors (Lipinski definition) is 3. The molecule has 148 valence electrons. The summed E-state index contributed by atoms with van der Waals surface area (Å²) in [5, 5.41) is 1.84. The molecule has 1 aliphatic heterocycles. The van der Waals surface area contributed by atoms with Gasteiger partial charge >= 0.3 is 6.18 Å². The Hall–Kier alpha value is -2.23. The summed E-state index contributed by atoms with van der Waals surface area (Å²) in [4.78, 5) is 20.0. The first kappa shape index (κ1) is 19.1. The minimum absolute atomic E-state index is 0.0607. The lowest BCUT2D eigenvalue weighted by molar-refractivity contribution is -1.02. The van der Waals surface area contributed by atoms with E-state index in [2.05, 4.69) is 4.98 Å². The van der Waals surface area contributed by atoms with Crippen molar-refractivity contribution in [3.05, 3.63) is 69.1 Å².